The van der Waals surface area contributed by atoms with Gasteiger partial charge >= 0.3 is 0 Å². The molecule has 0 aliphatic heterocycles. The van der Waals surface area contributed by atoms with Crippen molar-refractivity contribution >= 4 is 0 Å². The zero-order valence-electron chi connectivity index (χ0n) is 12.6. The molecule has 3 heteroatoms. The maximum absolute atomic E-state index is 6.04. The largest absolute Gasteiger partial charge is 0.382 e. The average molecular weight is 277 g/mol. The molecule has 1 atom stereocenters. The quantitative estimate of drug-likeness (QED) is 0.704. The number of nitrogens with one attached hydrogen (secondary N) is 1. The van der Waals surface area contributed by atoms with Gasteiger partial charge in [-0.05, 0) is 50.3 Å². The molecule has 1 aromatic carbocycles. The molecule has 0 radical (unpaired) electrons. The zero-order valence-corrected chi connectivity index (χ0v) is 12.6. The third kappa shape index (κ3) is 4.89. The molecule has 0 aromatic heterocycles. The zero-order chi connectivity index (χ0) is 14.0. The lowest BCUT2D eigenvalue weighted by Gasteiger charge is -2.25. The van der Waals surface area contributed by atoms with Gasteiger partial charge in [0.15, 0.2) is 0 Å². The maximum atomic E-state index is 6.04. The number of hydrogen-bond donors (Lipinski definition) is 1. The van der Waals surface area contributed by atoms with Gasteiger partial charge in [0.2, 0.25) is 0 Å². The minimum atomic E-state index is 0.296. The van der Waals surface area contributed by atoms with Crippen molar-refractivity contribution in [3.63, 3.8) is 0 Å². The lowest BCUT2D eigenvalue weighted by Crippen LogP contribution is -2.23. The number of fused-ring (bicyclic) bond motifs is 1. The summed E-state index contributed by atoms with van der Waals surface area (Å²) < 4.78 is 11.3. The van der Waals surface area contributed by atoms with Gasteiger partial charge < -0.3 is 14.8 Å². The Bertz CT molecular complexity index is 381. The molecule has 112 valence electrons. The van der Waals surface area contributed by atoms with Crippen LogP contribution in [-0.4, -0.2) is 32.9 Å². The van der Waals surface area contributed by atoms with Crippen molar-refractivity contribution in [1.82, 2.24) is 5.32 Å². The number of rotatable bonds is 9. The van der Waals surface area contributed by atoms with Crippen LogP contribution in [0.25, 0.3) is 0 Å². The first kappa shape index (κ1) is 15.5. The van der Waals surface area contributed by atoms with E-state index in [0.29, 0.717) is 6.10 Å². The van der Waals surface area contributed by atoms with Crippen LogP contribution in [0.1, 0.15) is 43.4 Å². The van der Waals surface area contributed by atoms with Crippen LogP contribution < -0.4 is 5.32 Å². The van der Waals surface area contributed by atoms with Crippen LogP contribution in [0.3, 0.4) is 0 Å². The van der Waals surface area contributed by atoms with Gasteiger partial charge in [-0.15, -0.1) is 0 Å². The Labute approximate surface area is 122 Å². The van der Waals surface area contributed by atoms with E-state index in [2.05, 4.69) is 29.6 Å². The van der Waals surface area contributed by atoms with Crippen molar-refractivity contribution in [1.29, 1.82) is 0 Å². The fourth-order valence-corrected chi connectivity index (χ4v) is 2.72. The molecule has 2 rings (SSSR count). The van der Waals surface area contributed by atoms with Crippen LogP contribution in [0.4, 0.5) is 0 Å². The Kier molecular flexibility index (Phi) is 7.06. The van der Waals surface area contributed by atoms with E-state index in [1.807, 2.05) is 6.92 Å². The molecule has 0 saturated carbocycles. The first-order valence-electron chi connectivity index (χ1n) is 7.89. The highest BCUT2D eigenvalue weighted by molar-refractivity contribution is 5.31. The fraction of sp³-hybridized carbons (Fsp3) is 0.647. The monoisotopic (exact) mass is 277 g/mol. The molecule has 0 fully saturated rings. The summed E-state index contributed by atoms with van der Waals surface area (Å²) in [6.07, 6.45) is 4.96. The van der Waals surface area contributed by atoms with Gasteiger partial charge in [-0.25, -0.2) is 0 Å². The van der Waals surface area contributed by atoms with E-state index in [0.717, 1.165) is 45.8 Å². The smallest absolute Gasteiger partial charge is 0.0828 e. The molecule has 3 nitrogen and oxygen atoms in total. The predicted octanol–water partition coefficient (Wildman–Crippen LogP) is 3.10. The summed E-state index contributed by atoms with van der Waals surface area (Å²) in [6.45, 7) is 6.40. The van der Waals surface area contributed by atoms with Gasteiger partial charge in [0, 0.05) is 19.8 Å². The highest BCUT2D eigenvalue weighted by Crippen LogP contribution is 2.31. The van der Waals surface area contributed by atoms with Gasteiger partial charge in [0.05, 0.1) is 12.7 Å². The Morgan fingerprint density at radius 3 is 3.00 bits per heavy atom. The van der Waals surface area contributed by atoms with Crippen LogP contribution in [0.5, 0.6) is 0 Å². The molecule has 1 aliphatic carbocycles. The number of benzene rings is 1. The van der Waals surface area contributed by atoms with Crippen LogP contribution in [0.15, 0.2) is 24.3 Å². The van der Waals surface area contributed by atoms with E-state index in [9.17, 15) is 0 Å². The standard InChI is InChI=1S/C17H27NO2/c1-2-19-13-6-11-18-12-14-20-17-10-5-8-15-7-3-4-9-16(15)17/h3-4,7,9,17-18H,2,5-6,8,10-14H2,1H3. The van der Waals surface area contributed by atoms with Crippen molar-refractivity contribution in [2.75, 3.05) is 32.9 Å². The fourth-order valence-electron chi connectivity index (χ4n) is 2.72. The summed E-state index contributed by atoms with van der Waals surface area (Å²) in [5.41, 5.74) is 2.86. The van der Waals surface area contributed by atoms with Crippen LogP contribution in [-0.2, 0) is 15.9 Å². The third-order valence-corrected chi connectivity index (χ3v) is 3.76. The summed E-state index contributed by atoms with van der Waals surface area (Å²) in [7, 11) is 0. The Balaban J connectivity index is 1.61. The molecule has 1 aliphatic rings. The highest BCUT2D eigenvalue weighted by Gasteiger charge is 2.19. The first-order valence-corrected chi connectivity index (χ1v) is 7.89. The molecule has 20 heavy (non-hydrogen) atoms. The van der Waals surface area contributed by atoms with Crippen molar-refractivity contribution in [3.05, 3.63) is 35.4 Å². The van der Waals surface area contributed by atoms with E-state index in [-0.39, 0.29) is 0 Å². The summed E-state index contributed by atoms with van der Waals surface area (Å²) in [6, 6.07) is 8.69. The predicted molar refractivity (Wildman–Crippen MR) is 82.1 cm³/mol. The molecule has 0 amide bonds. The van der Waals surface area contributed by atoms with Crippen LogP contribution in [0.2, 0.25) is 0 Å². The molecule has 0 saturated heterocycles. The summed E-state index contributed by atoms with van der Waals surface area (Å²) in [4.78, 5) is 0. The lowest BCUT2D eigenvalue weighted by atomic mass is 9.89. The minimum Gasteiger partial charge on any atom is -0.382 e. The Hall–Kier alpha value is -0.900. The Morgan fingerprint density at radius 2 is 2.10 bits per heavy atom. The topological polar surface area (TPSA) is 30.5 Å². The van der Waals surface area contributed by atoms with E-state index >= 15 is 0 Å². The average Bonchev–Trinajstić information content (AvgIpc) is 2.50. The third-order valence-electron chi connectivity index (χ3n) is 3.76. The van der Waals surface area contributed by atoms with Crippen molar-refractivity contribution < 1.29 is 9.47 Å². The van der Waals surface area contributed by atoms with Gasteiger partial charge in [-0.1, -0.05) is 24.3 Å². The van der Waals surface area contributed by atoms with E-state index in [4.69, 9.17) is 9.47 Å². The lowest BCUT2D eigenvalue weighted by molar-refractivity contribution is 0.0424. The maximum Gasteiger partial charge on any atom is 0.0828 e. The minimum absolute atomic E-state index is 0.296. The van der Waals surface area contributed by atoms with Gasteiger partial charge in [-0.3, -0.25) is 0 Å². The highest BCUT2D eigenvalue weighted by atomic mass is 16.5. The van der Waals surface area contributed by atoms with Gasteiger partial charge in [-0.2, -0.15) is 0 Å². The molecule has 0 bridgehead atoms. The second-order valence-electron chi connectivity index (χ2n) is 5.25. The summed E-state index contributed by atoms with van der Waals surface area (Å²) in [5, 5.41) is 3.40. The summed E-state index contributed by atoms with van der Waals surface area (Å²) in [5.74, 6) is 0. The number of ether oxygens (including phenoxy) is 2. The van der Waals surface area contributed by atoms with Gasteiger partial charge in [0.25, 0.3) is 0 Å². The van der Waals surface area contributed by atoms with Crippen molar-refractivity contribution in [3.8, 4) is 0 Å². The molecule has 1 unspecified atom stereocenters. The number of hydrogen-bond acceptors (Lipinski definition) is 3. The molecule has 1 aromatic rings. The van der Waals surface area contributed by atoms with E-state index in [1.165, 1.54) is 24.0 Å². The first-order chi connectivity index (χ1) is 9.92. The Morgan fingerprint density at radius 1 is 1.20 bits per heavy atom. The molecular weight excluding hydrogens is 250 g/mol. The molecular formula is C17H27NO2. The van der Waals surface area contributed by atoms with E-state index in [1.54, 1.807) is 0 Å². The normalized spacial score (nSPS) is 17.9. The molecule has 0 heterocycles. The van der Waals surface area contributed by atoms with Crippen molar-refractivity contribution in [2.45, 2.75) is 38.7 Å². The summed E-state index contributed by atoms with van der Waals surface area (Å²) >= 11 is 0. The van der Waals surface area contributed by atoms with Crippen LogP contribution >= 0.6 is 0 Å². The van der Waals surface area contributed by atoms with E-state index < -0.39 is 0 Å². The van der Waals surface area contributed by atoms with Crippen LogP contribution in [0, 0.1) is 0 Å². The second kappa shape index (κ2) is 9.11. The van der Waals surface area contributed by atoms with Gasteiger partial charge in [0.1, 0.15) is 0 Å². The second-order valence-corrected chi connectivity index (χ2v) is 5.25. The molecule has 1 N–H and O–H groups in total. The number of aryl methyl sites for hydroxylation is 1. The van der Waals surface area contributed by atoms with Crippen molar-refractivity contribution in [2.24, 2.45) is 0 Å². The SMILES string of the molecule is CCOCCCNCCOC1CCCc2ccccc21. The molecule has 0 spiro atoms.